The number of rotatable bonds is 4. The first-order valence-electron chi connectivity index (χ1n) is 3.75. The zero-order valence-corrected chi connectivity index (χ0v) is 8.24. The number of hydrogen-bond acceptors (Lipinski definition) is 5. The summed E-state index contributed by atoms with van der Waals surface area (Å²) in [7, 11) is -3.07. The minimum atomic E-state index is -3.07. The van der Waals surface area contributed by atoms with Crippen molar-refractivity contribution in [2.24, 2.45) is 0 Å². The molecular weight excluding hydrogens is 210 g/mol. The van der Waals surface area contributed by atoms with Crippen molar-refractivity contribution in [2.75, 3.05) is 12.0 Å². The molecule has 6 nitrogen and oxygen atoms in total. The first-order chi connectivity index (χ1) is 6.38. The highest BCUT2D eigenvalue weighted by molar-refractivity contribution is 7.90. The van der Waals surface area contributed by atoms with E-state index < -0.39 is 15.8 Å². The van der Waals surface area contributed by atoms with Crippen molar-refractivity contribution in [3.8, 4) is 0 Å². The second-order valence-electron chi connectivity index (χ2n) is 2.86. The molecule has 0 unspecified atom stereocenters. The van der Waals surface area contributed by atoms with Crippen molar-refractivity contribution >= 4 is 15.8 Å². The molecule has 0 aromatic carbocycles. The maximum absolute atomic E-state index is 10.8. The largest absolute Gasteiger partial charge is 0.476 e. The summed E-state index contributed by atoms with van der Waals surface area (Å²) in [6.07, 6.45) is 1.24. The van der Waals surface area contributed by atoms with E-state index >= 15 is 0 Å². The summed E-state index contributed by atoms with van der Waals surface area (Å²) >= 11 is 0. The third-order valence-corrected chi connectivity index (χ3v) is 2.44. The lowest BCUT2D eigenvalue weighted by Crippen LogP contribution is -2.05. The van der Waals surface area contributed by atoms with Crippen molar-refractivity contribution in [3.05, 3.63) is 17.5 Å². The lowest BCUT2D eigenvalue weighted by molar-refractivity contribution is 0.0685. The van der Waals surface area contributed by atoms with E-state index in [4.69, 9.17) is 5.11 Å². The maximum Gasteiger partial charge on any atom is 0.358 e. The Morgan fingerprint density at radius 3 is 2.71 bits per heavy atom. The molecule has 0 aliphatic carbocycles. The van der Waals surface area contributed by atoms with Crippen LogP contribution in [0.2, 0.25) is 0 Å². The first kappa shape index (κ1) is 10.7. The van der Waals surface area contributed by atoms with Gasteiger partial charge in [-0.15, -0.1) is 0 Å². The summed E-state index contributed by atoms with van der Waals surface area (Å²) < 4.78 is 26.2. The van der Waals surface area contributed by atoms with E-state index in [9.17, 15) is 13.2 Å². The molecule has 0 amide bonds. The van der Waals surface area contributed by atoms with E-state index in [1.165, 1.54) is 6.07 Å². The van der Waals surface area contributed by atoms with Gasteiger partial charge in [-0.25, -0.2) is 13.2 Å². The van der Waals surface area contributed by atoms with Crippen LogP contribution in [-0.2, 0) is 16.3 Å². The predicted octanol–water partition coefficient (Wildman–Crippen LogP) is -0.0401. The van der Waals surface area contributed by atoms with Crippen LogP contribution in [0.1, 0.15) is 16.2 Å². The zero-order valence-electron chi connectivity index (χ0n) is 7.43. The van der Waals surface area contributed by atoms with Crippen molar-refractivity contribution < 1.29 is 22.8 Å². The molecule has 0 radical (unpaired) electrons. The van der Waals surface area contributed by atoms with E-state index in [0.717, 1.165) is 6.26 Å². The third kappa shape index (κ3) is 3.17. The fraction of sp³-hybridized carbons (Fsp3) is 0.429. The Morgan fingerprint density at radius 1 is 1.64 bits per heavy atom. The Balaban J connectivity index is 2.65. The molecule has 14 heavy (non-hydrogen) atoms. The molecule has 0 aliphatic heterocycles. The van der Waals surface area contributed by atoms with E-state index in [1.807, 2.05) is 0 Å². The Bertz CT molecular complexity index is 433. The molecule has 78 valence electrons. The van der Waals surface area contributed by atoms with Gasteiger partial charge >= 0.3 is 5.97 Å². The number of hydrogen-bond donors (Lipinski definition) is 1. The van der Waals surface area contributed by atoms with Crippen LogP contribution in [0.15, 0.2) is 10.6 Å². The number of aryl methyl sites for hydroxylation is 1. The Hall–Kier alpha value is -1.37. The molecule has 0 fully saturated rings. The summed E-state index contributed by atoms with van der Waals surface area (Å²) in [5.74, 6) is -1.02. The summed E-state index contributed by atoms with van der Waals surface area (Å²) in [6.45, 7) is 0. The average molecular weight is 219 g/mol. The molecule has 0 bridgehead atoms. The minimum absolute atomic E-state index is 0.0821. The van der Waals surface area contributed by atoms with Crippen LogP contribution in [0.3, 0.4) is 0 Å². The lowest BCUT2D eigenvalue weighted by atomic mass is 10.3. The molecule has 7 heteroatoms. The molecule has 0 saturated heterocycles. The fourth-order valence-corrected chi connectivity index (χ4v) is 1.39. The van der Waals surface area contributed by atoms with Crippen LogP contribution >= 0.6 is 0 Å². The van der Waals surface area contributed by atoms with Crippen LogP contribution in [0.5, 0.6) is 0 Å². The molecule has 0 saturated carbocycles. The average Bonchev–Trinajstić information content (AvgIpc) is 2.47. The van der Waals surface area contributed by atoms with Gasteiger partial charge in [0.05, 0.1) is 5.75 Å². The number of carboxylic acids is 1. The van der Waals surface area contributed by atoms with Crippen molar-refractivity contribution in [2.45, 2.75) is 6.42 Å². The summed E-state index contributed by atoms with van der Waals surface area (Å²) in [5, 5.41) is 11.7. The van der Waals surface area contributed by atoms with Gasteiger partial charge in [-0.3, -0.25) is 0 Å². The van der Waals surface area contributed by atoms with E-state index in [0.29, 0.717) is 0 Å². The molecule has 1 N–H and O–H groups in total. The number of nitrogens with zero attached hydrogens (tertiary/aromatic N) is 1. The molecule has 1 rings (SSSR count). The summed E-state index contributed by atoms with van der Waals surface area (Å²) in [5.41, 5.74) is -0.214. The van der Waals surface area contributed by atoms with Crippen LogP contribution in [-0.4, -0.2) is 36.7 Å². The number of aromatic carboxylic acids is 1. The highest BCUT2D eigenvalue weighted by Gasteiger charge is 2.12. The standard InChI is InChI=1S/C7H9NO5S/c1-14(11,12)3-2-5-4-6(7(9)10)8-13-5/h4H,2-3H2,1H3,(H,9,10). The first-order valence-corrected chi connectivity index (χ1v) is 5.81. The van der Waals surface area contributed by atoms with Gasteiger partial charge in [-0.2, -0.15) is 0 Å². The van der Waals surface area contributed by atoms with Gasteiger partial charge in [0.15, 0.2) is 5.69 Å². The number of carbonyl (C=O) groups is 1. The predicted molar refractivity (Wildman–Crippen MR) is 46.9 cm³/mol. The third-order valence-electron chi connectivity index (χ3n) is 1.50. The topological polar surface area (TPSA) is 97.5 Å². The molecule has 0 aliphatic rings. The van der Waals surface area contributed by atoms with E-state index in [2.05, 4.69) is 9.68 Å². The lowest BCUT2D eigenvalue weighted by Gasteiger charge is -1.92. The minimum Gasteiger partial charge on any atom is -0.476 e. The normalized spacial score (nSPS) is 11.5. The van der Waals surface area contributed by atoms with Crippen LogP contribution in [0.4, 0.5) is 0 Å². The number of aromatic nitrogens is 1. The van der Waals surface area contributed by atoms with Gasteiger partial charge in [0.25, 0.3) is 0 Å². The smallest absolute Gasteiger partial charge is 0.358 e. The molecule has 1 aromatic rings. The van der Waals surface area contributed by atoms with Crippen molar-refractivity contribution in [1.82, 2.24) is 5.16 Å². The Morgan fingerprint density at radius 2 is 2.29 bits per heavy atom. The fourth-order valence-electron chi connectivity index (χ4n) is 0.818. The summed E-state index contributed by atoms with van der Waals surface area (Å²) in [6, 6.07) is 1.22. The van der Waals surface area contributed by atoms with Crippen molar-refractivity contribution in [1.29, 1.82) is 0 Å². The number of sulfone groups is 1. The van der Waals surface area contributed by atoms with E-state index in [-0.39, 0.29) is 23.6 Å². The molecule has 0 spiro atoms. The molecular formula is C7H9NO5S. The highest BCUT2D eigenvalue weighted by atomic mass is 32.2. The van der Waals surface area contributed by atoms with Gasteiger partial charge in [-0.1, -0.05) is 5.16 Å². The van der Waals surface area contributed by atoms with Gasteiger partial charge in [0.2, 0.25) is 0 Å². The quantitative estimate of drug-likeness (QED) is 0.763. The van der Waals surface area contributed by atoms with Crippen LogP contribution < -0.4 is 0 Å². The molecule has 0 atom stereocenters. The Kier molecular flexibility index (Phi) is 2.90. The molecule has 1 heterocycles. The Labute approximate surface area is 80.4 Å². The summed E-state index contributed by atoms with van der Waals surface area (Å²) in [4.78, 5) is 10.4. The second kappa shape index (κ2) is 3.79. The maximum atomic E-state index is 10.8. The highest BCUT2D eigenvalue weighted by Crippen LogP contribution is 2.05. The SMILES string of the molecule is CS(=O)(=O)CCc1cc(C(=O)O)no1. The number of carboxylic acid groups (broad SMARTS) is 1. The zero-order chi connectivity index (χ0) is 10.8. The molecule has 1 aromatic heterocycles. The van der Waals surface area contributed by atoms with Crippen LogP contribution in [0.25, 0.3) is 0 Å². The van der Waals surface area contributed by atoms with E-state index in [1.54, 1.807) is 0 Å². The van der Waals surface area contributed by atoms with Gasteiger partial charge in [0, 0.05) is 18.7 Å². The van der Waals surface area contributed by atoms with Gasteiger partial charge in [0.1, 0.15) is 15.6 Å². The van der Waals surface area contributed by atoms with Gasteiger partial charge < -0.3 is 9.63 Å². The van der Waals surface area contributed by atoms with Crippen LogP contribution in [0, 0.1) is 0 Å². The van der Waals surface area contributed by atoms with Crippen molar-refractivity contribution in [3.63, 3.8) is 0 Å². The second-order valence-corrected chi connectivity index (χ2v) is 5.12. The van der Waals surface area contributed by atoms with Gasteiger partial charge in [-0.05, 0) is 0 Å². The monoisotopic (exact) mass is 219 g/mol.